The highest BCUT2D eigenvalue weighted by atomic mass is 35.5. The lowest BCUT2D eigenvalue weighted by molar-refractivity contribution is 0.0640. The van der Waals surface area contributed by atoms with Gasteiger partial charge in [-0.05, 0) is 110 Å². The number of rotatable bonds is 11. The van der Waals surface area contributed by atoms with E-state index in [1.165, 1.54) is 4.90 Å². The van der Waals surface area contributed by atoms with Crippen molar-refractivity contribution in [1.82, 2.24) is 9.88 Å². The molecule has 2 aromatic carbocycles. The monoisotopic (exact) mass is 516 g/mol. The van der Waals surface area contributed by atoms with E-state index >= 15 is 4.39 Å². The van der Waals surface area contributed by atoms with Crippen LogP contribution >= 0.6 is 23.4 Å². The molecule has 0 aliphatic carbocycles. The number of hydrogen-bond acceptors (Lipinski definition) is 5. The summed E-state index contributed by atoms with van der Waals surface area (Å²) in [6, 6.07) is 15.3. The average molecular weight is 517 g/mol. The smallest absolute Gasteiger partial charge is 0.126 e. The molecule has 188 valence electrons. The van der Waals surface area contributed by atoms with Crippen LogP contribution in [-0.4, -0.2) is 54.1 Å². The maximum Gasteiger partial charge on any atom is 0.126 e. The number of piperidine rings is 1. The van der Waals surface area contributed by atoms with Gasteiger partial charge in [0, 0.05) is 34.7 Å². The predicted octanol–water partition coefficient (Wildman–Crippen LogP) is 6.80. The van der Waals surface area contributed by atoms with Crippen molar-refractivity contribution in [3.05, 3.63) is 65.3 Å². The molecular weight excluding hydrogens is 483 g/mol. The summed E-state index contributed by atoms with van der Waals surface area (Å²) < 4.78 is 20.7. The lowest BCUT2D eigenvalue weighted by Crippen LogP contribution is -2.42. The van der Waals surface area contributed by atoms with E-state index in [2.05, 4.69) is 22.0 Å². The van der Waals surface area contributed by atoms with Gasteiger partial charge in [-0.25, -0.2) is 4.39 Å². The third-order valence-electron chi connectivity index (χ3n) is 7.02. The first-order valence-electron chi connectivity index (χ1n) is 12.4. The Labute approximate surface area is 216 Å². The van der Waals surface area contributed by atoms with E-state index in [0.29, 0.717) is 23.7 Å². The number of nitrogens with zero attached hydrogens (tertiary/aromatic N) is 2. The minimum Gasteiger partial charge on any atom is -0.497 e. The zero-order chi connectivity index (χ0) is 24.6. The largest absolute Gasteiger partial charge is 0.497 e. The summed E-state index contributed by atoms with van der Waals surface area (Å²) in [5, 5.41) is 11.6. The lowest BCUT2D eigenvalue weighted by atomic mass is 9.81. The van der Waals surface area contributed by atoms with Crippen LogP contribution in [0.4, 0.5) is 4.39 Å². The molecule has 1 aliphatic heterocycles. The van der Waals surface area contributed by atoms with Crippen molar-refractivity contribution in [1.29, 1.82) is 0 Å². The molecule has 0 radical (unpaired) electrons. The lowest BCUT2D eigenvalue weighted by Gasteiger charge is -2.38. The van der Waals surface area contributed by atoms with E-state index in [-0.39, 0.29) is 12.5 Å². The van der Waals surface area contributed by atoms with Gasteiger partial charge in [0.05, 0.1) is 12.6 Å². The molecular formula is C28H34ClFN2O2S. The molecule has 0 saturated carbocycles. The summed E-state index contributed by atoms with van der Waals surface area (Å²) in [5.74, 6) is 2.31. The normalized spacial score (nSPS) is 19.7. The van der Waals surface area contributed by atoms with Crippen molar-refractivity contribution in [2.45, 2.75) is 36.8 Å². The molecule has 1 aliphatic rings. The van der Waals surface area contributed by atoms with Crippen molar-refractivity contribution < 1.29 is 14.2 Å². The molecule has 0 unspecified atom stereocenters. The highest BCUT2D eigenvalue weighted by Gasteiger charge is 2.29. The van der Waals surface area contributed by atoms with E-state index in [4.69, 9.17) is 16.3 Å². The fourth-order valence-corrected chi connectivity index (χ4v) is 5.98. The number of halogens is 2. The number of pyridine rings is 1. The van der Waals surface area contributed by atoms with Gasteiger partial charge in [-0.2, -0.15) is 0 Å². The number of ether oxygens (including phenoxy) is 1. The van der Waals surface area contributed by atoms with Gasteiger partial charge >= 0.3 is 0 Å². The number of benzene rings is 2. The number of fused-ring (bicyclic) bond motifs is 1. The Bertz CT molecular complexity index is 1080. The Morgan fingerprint density at radius 1 is 1.20 bits per heavy atom. The van der Waals surface area contributed by atoms with Gasteiger partial charge in [0.25, 0.3) is 0 Å². The standard InChI is InChI=1S/C28H34ClFN2O2S/c1-34-23-6-10-28-26(17-23)25(11-13-31-28)27(30)9-3-20-12-15-32(18-21(20)19-33)14-2-16-35-24-7-4-22(29)5-8-24/h4-8,10-11,13,17,20-21,27,33H,2-3,9,12,14-16,18-19H2,1H3/t20-,21-,27-/m1/s1. The van der Waals surface area contributed by atoms with E-state index < -0.39 is 6.17 Å². The van der Waals surface area contributed by atoms with Crippen molar-refractivity contribution >= 4 is 34.3 Å². The maximum absolute atomic E-state index is 15.4. The second kappa shape index (κ2) is 12.9. The topological polar surface area (TPSA) is 45.6 Å². The minimum atomic E-state index is -1.06. The molecule has 3 atom stereocenters. The maximum atomic E-state index is 15.4. The van der Waals surface area contributed by atoms with Gasteiger partial charge in [0.2, 0.25) is 0 Å². The van der Waals surface area contributed by atoms with Crippen molar-refractivity contribution in [3.63, 3.8) is 0 Å². The Morgan fingerprint density at radius 3 is 2.80 bits per heavy atom. The van der Waals surface area contributed by atoms with E-state index in [1.54, 1.807) is 19.4 Å². The van der Waals surface area contributed by atoms with E-state index in [1.807, 2.05) is 42.1 Å². The molecule has 4 rings (SSSR count). The number of aliphatic hydroxyl groups excluding tert-OH is 1. The number of alkyl halides is 1. The Balaban J connectivity index is 1.25. The van der Waals surface area contributed by atoms with Crippen LogP contribution in [0.25, 0.3) is 10.9 Å². The van der Waals surface area contributed by atoms with Crippen LogP contribution in [0.15, 0.2) is 59.6 Å². The summed E-state index contributed by atoms with van der Waals surface area (Å²) in [4.78, 5) is 8.06. The van der Waals surface area contributed by atoms with Crippen molar-refractivity contribution in [2.75, 3.05) is 39.1 Å². The van der Waals surface area contributed by atoms with Crippen LogP contribution < -0.4 is 4.74 Å². The number of thioether (sulfide) groups is 1. The number of likely N-dealkylation sites (tertiary alicyclic amines) is 1. The van der Waals surface area contributed by atoms with Gasteiger partial charge < -0.3 is 14.7 Å². The second-order valence-corrected chi connectivity index (χ2v) is 10.9. The van der Waals surface area contributed by atoms with Crippen molar-refractivity contribution in [3.8, 4) is 5.75 Å². The SMILES string of the molecule is COc1ccc2nccc([C@H](F)CC[C@@H]3CCN(CCCSc4ccc(Cl)cc4)C[C@@H]3CO)c2c1. The molecule has 4 nitrogen and oxygen atoms in total. The summed E-state index contributed by atoms with van der Waals surface area (Å²) in [6.07, 6.45) is 3.95. The van der Waals surface area contributed by atoms with Crippen LogP contribution in [0.5, 0.6) is 5.75 Å². The minimum absolute atomic E-state index is 0.160. The third-order valence-corrected chi connectivity index (χ3v) is 8.37. The number of aliphatic hydroxyl groups is 1. The predicted molar refractivity (Wildman–Crippen MR) is 143 cm³/mol. The van der Waals surface area contributed by atoms with E-state index in [9.17, 15) is 5.11 Å². The van der Waals surface area contributed by atoms with Crippen LogP contribution in [0.2, 0.25) is 5.02 Å². The fraction of sp³-hybridized carbons (Fsp3) is 0.464. The molecule has 0 bridgehead atoms. The zero-order valence-electron chi connectivity index (χ0n) is 20.2. The van der Waals surface area contributed by atoms with Gasteiger partial charge in [-0.15, -0.1) is 11.8 Å². The van der Waals surface area contributed by atoms with Gasteiger partial charge in [-0.3, -0.25) is 4.98 Å². The Morgan fingerprint density at radius 2 is 2.03 bits per heavy atom. The molecule has 3 aromatic rings. The Kier molecular flexibility index (Phi) is 9.67. The molecule has 35 heavy (non-hydrogen) atoms. The molecule has 0 spiro atoms. The Hall–Kier alpha value is -1.86. The molecule has 1 fully saturated rings. The van der Waals surface area contributed by atoms with Crippen LogP contribution in [0.1, 0.15) is 37.4 Å². The molecule has 0 amide bonds. The summed E-state index contributed by atoms with van der Waals surface area (Å²) in [7, 11) is 1.62. The molecule has 1 saturated heterocycles. The third kappa shape index (κ3) is 7.10. The fourth-order valence-electron chi connectivity index (χ4n) is 5.02. The first kappa shape index (κ1) is 26.2. The first-order valence-corrected chi connectivity index (χ1v) is 13.7. The van der Waals surface area contributed by atoms with Crippen LogP contribution in [0.3, 0.4) is 0 Å². The van der Waals surface area contributed by atoms with E-state index in [0.717, 1.165) is 60.6 Å². The molecule has 1 N–H and O–H groups in total. The highest BCUT2D eigenvalue weighted by molar-refractivity contribution is 7.99. The molecule has 2 heterocycles. The first-order chi connectivity index (χ1) is 17.1. The van der Waals surface area contributed by atoms with Crippen LogP contribution in [0, 0.1) is 11.8 Å². The zero-order valence-corrected chi connectivity index (χ0v) is 21.8. The highest BCUT2D eigenvalue weighted by Crippen LogP contribution is 2.35. The average Bonchev–Trinajstić information content (AvgIpc) is 2.90. The molecule has 7 heteroatoms. The van der Waals surface area contributed by atoms with Gasteiger partial charge in [0.15, 0.2) is 0 Å². The summed E-state index contributed by atoms with van der Waals surface area (Å²) in [5.41, 5.74) is 1.45. The number of aromatic nitrogens is 1. The number of hydrogen-bond donors (Lipinski definition) is 1. The number of methoxy groups -OCH3 is 1. The van der Waals surface area contributed by atoms with Gasteiger partial charge in [-0.1, -0.05) is 11.6 Å². The quantitative estimate of drug-likeness (QED) is 0.224. The van der Waals surface area contributed by atoms with Crippen LogP contribution in [-0.2, 0) is 0 Å². The summed E-state index contributed by atoms with van der Waals surface area (Å²) in [6.45, 7) is 3.09. The molecule has 1 aromatic heterocycles. The second-order valence-electron chi connectivity index (χ2n) is 9.28. The summed E-state index contributed by atoms with van der Waals surface area (Å²) >= 11 is 7.80. The van der Waals surface area contributed by atoms with Gasteiger partial charge in [0.1, 0.15) is 11.9 Å². The van der Waals surface area contributed by atoms with Crippen molar-refractivity contribution in [2.24, 2.45) is 11.8 Å².